The van der Waals surface area contributed by atoms with E-state index < -0.39 is 0 Å². The molecule has 1 aliphatic rings. The number of hydrogen-bond donors (Lipinski definition) is 1. The van der Waals surface area contributed by atoms with Gasteiger partial charge in [-0.1, -0.05) is 31.4 Å². The SMILES string of the molecule is COc1ccc(Cn2nc(CCc3ccncc3)c3c(NC4CCCCC4)nccc32)cc1. The molecule has 33 heavy (non-hydrogen) atoms. The molecule has 1 N–H and O–H groups in total. The number of pyridine rings is 2. The Morgan fingerprint density at radius 3 is 2.45 bits per heavy atom. The van der Waals surface area contributed by atoms with Crippen molar-refractivity contribution >= 4 is 16.7 Å². The van der Waals surface area contributed by atoms with Crippen LogP contribution in [0, 0.1) is 0 Å². The lowest BCUT2D eigenvalue weighted by molar-refractivity contribution is 0.414. The Kier molecular flexibility index (Phi) is 6.51. The fourth-order valence-corrected chi connectivity index (χ4v) is 4.76. The molecule has 1 aromatic carbocycles. The summed E-state index contributed by atoms with van der Waals surface area (Å²) in [5, 5.41) is 10.0. The highest BCUT2D eigenvalue weighted by atomic mass is 16.5. The van der Waals surface area contributed by atoms with E-state index in [9.17, 15) is 0 Å². The summed E-state index contributed by atoms with van der Waals surface area (Å²) in [5.41, 5.74) is 4.69. The van der Waals surface area contributed by atoms with Gasteiger partial charge in [0, 0.05) is 24.6 Å². The molecule has 170 valence electrons. The zero-order valence-electron chi connectivity index (χ0n) is 19.2. The number of methoxy groups -OCH3 is 1. The van der Waals surface area contributed by atoms with Gasteiger partial charge in [0.05, 0.1) is 30.3 Å². The van der Waals surface area contributed by atoms with Crippen LogP contribution in [0.2, 0.25) is 0 Å². The van der Waals surface area contributed by atoms with Gasteiger partial charge in [0.25, 0.3) is 0 Å². The third kappa shape index (κ3) is 5.00. The molecule has 0 radical (unpaired) electrons. The Balaban J connectivity index is 1.48. The van der Waals surface area contributed by atoms with Crippen LogP contribution in [-0.4, -0.2) is 32.9 Å². The van der Waals surface area contributed by atoms with Gasteiger partial charge in [-0.2, -0.15) is 5.10 Å². The lowest BCUT2D eigenvalue weighted by atomic mass is 9.95. The van der Waals surface area contributed by atoms with E-state index >= 15 is 0 Å². The van der Waals surface area contributed by atoms with E-state index in [4.69, 9.17) is 14.8 Å². The Labute approximate surface area is 195 Å². The van der Waals surface area contributed by atoms with Crippen molar-refractivity contribution in [1.82, 2.24) is 19.7 Å². The normalized spacial score (nSPS) is 14.5. The molecule has 0 aliphatic heterocycles. The minimum atomic E-state index is 0.495. The zero-order valence-corrected chi connectivity index (χ0v) is 19.2. The Hall–Kier alpha value is -3.41. The summed E-state index contributed by atoms with van der Waals surface area (Å²) in [6.07, 6.45) is 13.8. The first-order valence-electron chi connectivity index (χ1n) is 11.9. The van der Waals surface area contributed by atoms with Crippen LogP contribution >= 0.6 is 0 Å². The van der Waals surface area contributed by atoms with Crippen molar-refractivity contribution < 1.29 is 4.74 Å². The van der Waals surface area contributed by atoms with Gasteiger partial charge in [0.15, 0.2) is 0 Å². The minimum Gasteiger partial charge on any atom is -0.497 e. The summed E-state index contributed by atoms with van der Waals surface area (Å²) in [6, 6.07) is 15.0. The number of nitrogens with zero attached hydrogens (tertiary/aromatic N) is 4. The number of anilines is 1. The molecular formula is C27H31N5O. The molecule has 0 saturated heterocycles. The Morgan fingerprint density at radius 2 is 1.70 bits per heavy atom. The van der Waals surface area contributed by atoms with Crippen molar-refractivity contribution in [2.75, 3.05) is 12.4 Å². The van der Waals surface area contributed by atoms with E-state index in [0.717, 1.165) is 41.0 Å². The second-order valence-corrected chi connectivity index (χ2v) is 8.84. The maximum Gasteiger partial charge on any atom is 0.137 e. The molecule has 1 saturated carbocycles. The molecule has 0 spiro atoms. The molecule has 0 unspecified atom stereocenters. The van der Waals surface area contributed by atoms with E-state index in [0.29, 0.717) is 12.6 Å². The number of aryl methyl sites for hydroxylation is 2. The number of hydrogen-bond acceptors (Lipinski definition) is 5. The van der Waals surface area contributed by atoms with E-state index in [2.05, 4.69) is 45.3 Å². The van der Waals surface area contributed by atoms with Gasteiger partial charge in [-0.15, -0.1) is 0 Å². The van der Waals surface area contributed by atoms with Crippen molar-refractivity contribution in [3.05, 3.63) is 77.9 Å². The number of rotatable bonds is 8. The average Bonchev–Trinajstić information content (AvgIpc) is 3.23. The molecule has 3 heterocycles. The van der Waals surface area contributed by atoms with Crippen molar-refractivity contribution in [1.29, 1.82) is 0 Å². The Bertz CT molecular complexity index is 1180. The standard InChI is InChI=1S/C27H31N5O/c1-33-23-10-7-21(8-11-23)19-32-25-15-18-29-27(30-22-5-3-2-4-6-22)26(25)24(31-32)12-9-20-13-16-28-17-14-20/h7-8,10-11,13-18,22H,2-6,9,12,19H2,1H3,(H,29,30). The second-order valence-electron chi connectivity index (χ2n) is 8.84. The third-order valence-electron chi connectivity index (χ3n) is 6.57. The molecule has 1 aliphatic carbocycles. The molecule has 1 fully saturated rings. The third-order valence-corrected chi connectivity index (χ3v) is 6.57. The van der Waals surface area contributed by atoms with Gasteiger partial charge >= 0.3 is 0 Å². The van der Waals surface area contributed by atoms with Gasteiger partial charge in [0.1, 0.15) is 11.6 Å². The monoisotopic (exact) mass is 441 g/mol. The molecular weight excluding hydrogens is 410 g/mol. The first-order valence-corrected chi connectivity index (χ1v) is 11.9. The molecule has 0 bridgehead atoms. The van der Waals surface area contributed by atoms with E-state index in [1.165, 1.54) is 43.2 Å². The fraction of sp³-hybridized carbons (Fsp3) is 0.370. The molecule has 3 aromatic heterocycles. The summed E-state index contributed by atoms with van der Waals surface area (Å²) < 4.78 is 7.43. The largest absolute Gasteiger partial charge is 0.497 e. The highest BCUT2D eigenvalue weighted by Gasteiger charge is 2.19. The predicted molar refractivity (Wildman–Crippen MR) is 132 cm³/mol. The van der Waals surface area contributed by atoms with Crippen LogP contribution in [0.15, 0.2) is 61.1 Å². The maximum atomic E-state index is 5.31. The molecule has 6 heteroatoms. The van der Waals surface area contributed by atoms with Crippen molar-refractivity contribution in [2.45, 2.75) is 57.5 Å². The molecule has 6 nitrogen and oxygen atoms in total. The van der Waals surface area contributed by atoms with Crippen LogP contribution in [0.4, 0.5) is 5.82 Å². The Morgan fingerprint density at radius 1 is 0.909 bits per heavy atom. The van der Waals surface area contributed by atoms with Crippen LogP contribution in [0.1, 0.15) is 48.9 Å². The van der Waals surface area contributed by atoms with E-state index in [-0.39, 0.29) is 0 Å². The maximum absolute atomic E-state index is 5.31. The van der Waals surface area contributed by atoms with Crippen LogP contribution in [0.3, 0.4) is 0 Å². The highest BCUT2D eigenvalue weighted by Crippen LogP contribution is 2.30. The molecule has 5 rings (SSSR count). The number of nitrogens with one attached hydrogen (secondary N) is 1. The van der Waals surface area contributed by atoms with Crippen molar-refractivity contribution in [2.24, 2.45) is 0 Å². The van der Waals surface area contributed by atoms with Crippen LogP contribution in [-0.2, 0) is 19.4 Å². The highest BCUT2D eigenvalue weighted by molar-refractivity contribution is 5.92. The fourth-order valence-electron chi connectivity index (χ4n) is 4.76. The van der Waals surface area contributed by atoms with E-state index in [1.54, 1.807) is 7.11 Å². The lowest BCUT2D eigenvalue weighted by Crippen LogP contribution is -2.23. The van der Waals surface area contributed by atoms with Gasteiger partial charge < -0.3 is 10.1 Å². The number of ether oxygens (including phenoxy) is 1. The summed E-state index contributed by atoms with van der Waals surface area (Å²) in [6.45, 7) is 0.711. The van der Waals surface area contributed by atoms with Crippen LogP contribution in [0.5, 0.6) is 5.75 Å². The van der Waals surface area contributed by atoms with Gasteiger partial charge in [-0.25, -0.2) is 4.98 Å². The van der Waals surface area contributed by atoms with Gasteiger partial charge in [0.2, 0.25) is 0 Å². The smallest absolute Gasteiger partial charge is 0.137 e. The van der Waals surface area contributed by atoms with Gasteiger partial charge in [-0.05, 0) is 67.1 Å². The summed E-state index contributed by atoms with van der Waals surface area (Å²) in [4.78, 5) is 8.91. The number of benzene rings is 1. The number of aromatic nitrogens is 4. The first kappa shape index (κ1) is 21.4. The summed E-state index contributed by atoms with van der Waals surface area (Å²) >= 11 is 0. The van der Waals surface area contributed by atoms with E-state index in [1.807, 2.05) is 30.7 Å². The number of fused-ring (bicyclic) bond motifs is 1. The minimum absolute atomic E-state index is 0.495. The van der Waals surface area contributed by atoms with Crippen molar-refractivity contribution in [3.8, 4) is 5.75 Å². The molecule has 0 atom stereocenters. The quantitative estimate of drug-likeness (QED) is 0.396. The topological polar surface area (TPSA) is 64.9 Å². The first-order chi connectivity index (χ1) is 16.3. The predicted octanol–water partition coefficient (Wildman–Crippen LogP) is 5.41. The molecule has 0 amide bonds. The van der Waals surface area contributed by atoms with Gasteiger partial charge in [-0.3, -0.25) is 9.67 Å². The second kappa shape index (κ2) is 10.0. The summed E-state index contributed by atoms with van der Waals surface area (Å²) in [5.74, 6) is 1.84. The summed E-state index contributed by atoms with van der Waals surface area (Å²) in [7, 11) is 1.69. The van der Waals surface area contributed by atoms with Crippen LogP contribution < -0.4 is 10.1 Å². The average molecular weight is 442 g/mol. The van der Waals surface area contributed by atoms with Crippen LogP contribution in [0.25, 0.3) is 10.9 Å². The lowest BCUT2D eigenvalue weighted by Gasteiger charge is -2.23. The van der Waals surface area contributed by atoms with Crippen molar-refractivity contribution in [3.63, 3.8) is 0 Å². The molecule has 4 aromatic rings. The zero-order chi connectivity index (χ0) is 22.5.